The van der Waals surface area contributed by atoms with E-state index in [4.69, 9.17) is 9.90 Å². The van der Waals surface area contributed by atoms with E-state index in [2.05, 4.69) is 5.32 Å². The normalized spacial score (nSPS) is 18.9. The second-order valence-corrected chi connectivity index (χ2v) is 8.94. The van der Waals surface area contributed by atoms with Crippen LogP contribution in [0, 0.1) is 0 Å². The maximum atomic E-state index is 13.3. The van der Waals surface area contributed by atoms with Gasteiger partial charge in [-0.25, -0.2) is 13.6 Å². The van der Waals surface area contributed by atoms with Gasteiger partial charge in [-0.3, -0.25) is 9.59 Å². The lowest BCUT2D eigenvalue weighted by Crippen LogP contribution is -2.80. The molecule has 1 spiro atoms. The predicted octanol–water partition coefficient (Wildman–Crippen LogP) is 5.09. The zero-order valence-corrected chi connectivity index (χ0v) is 22.0. The van der Waals surface area contributed by atoms with Crippen molar-refractivity contribution in [3.63, 3.8) is 0 Å². The van der Waals surface area contributed by atoms with Crippen LogP contribution in [-0.4, -0.2) is 77.0 Å². The highest BCUT2D eigenvalue weighted by molar-refractivity contribution is 5.99. The number of carboxylic acids is 1. The van der Waals surface area contributed by atoms with Crippen LogP contribution in [0.5, 0.6) is 0 Å². The minimum absolute atomic E-state index is 0.0235. The topological polar surface area (TPSA) is 90.0 Å². The lowest BCUT2D eigenvalue weighted by molar-refractivity contribution is -0.192. The molecule has 1 aliphatic carbocycles. The molecule has 2 saturated heterocycles. The molecule has 0 bridgehead atoms. The largest absolute Gasteiger partial charge is 0.490 e. The number of rotatable bonds is 3. The van der Waals surface area contributed by atoms with E-state index < -0.39 is 36.4 Å². The summed E-state index contributed by atoms with van der Waals surface area (Å²) in [4.78, 5) is 38.5. The Kier molecular flexibility index (Phi) is 13.3. The number of alkyl halides is 8. The van der Waals surface area contributed by atoms with Crippen molar-refractivity contribution in [3.05, 3.63) is 35.4 Å². The molecule has 3 fully saturated rings. The van der Waals surface area contributed by atoms with Crippen molar-refractivity contribution in [1.29, 1.82) is 0 Å². The number of carboxylic acid groups (broad SMARTS) is 1. The summed E-state index contributed by atoms with van der Waals surface area (Å²) in [5.41, 5.74) is -1.04. The fourth-order valence-electron chi connectivity index (χ4n) is 4.54. The number of carbonyl (C=O) groups excluding carboxylic acids is 2. The molecule has 0 aromatic heterocycles. The summed E-state index contributed by atoms with van der Waals surface area (Å²) < 4.78 is 89.3. The van der Waals surface area contributed by atoms with Gasteiger partial charge in [0.2, 0.25) is 12.8 Å². The Morgan fingerprint density at radius 2 is 1.45 bits per heavy atom. The number of aliphatic carboxylic acids is 1. The minimum atomic E-state index is -5.08. The van der Waals surface area contributed by atoms with Crippen LogP contribution in [0.25, 0.3) is 0 Å². The highest BCUT2D eigenvalue weighted by Crippen LogP contribution is 2.34. The predicted molar refractivity (Wildman–Crippen MR) is 128 cm³/mol. The molecule has 7 nitrogen and oxygen atoms in total. The van der Waals surface area contributed by atoms with Crippen molar-refractivity contribution in [2.75, 3.05) is 26.6 Å². The van der Waals surface area contributed by atoms with Crippen molar-refractivity contribution in [1.82, 2.24) is 15.1 Å². The number of halogens is 8. The van der Waals surface area contributed by atoms with Gasteiger partial charge in [0.1, 0.15) is 12.1 Å². The van der Waals surface area contributed by atoms with Crippen LogP contribution in [0.4, 0.5) is 35.1 Å². The van der Waals surface area contributed by atoms with Crippen LogP contribution in [0.15, 0.2) is 24.3 Å². The number of nitrogens with one attached hydrogen (secondary N) is 1. The van der Waals surface area contributed by atoms with Crippen molar-refractivity contribution < 1.29 is 54.6 Å². The van der Waals surface area contributed by atoms with Crippen LogP contribution < -0.4 is 5.32 Å². The molecule has 1 aromatic carbocycles. The standard InChI is InChI=1S/C20H24F3N3O2.C2HF3O2.C2H6.CH2F2/c21-20(22,23)15-8-6-14(7-9-15)10-26-17(27)11-25(16-4-2-1-3-5-16)18(28)19(26)12-24-13-19;3-2(4,5)1(6)7;1-2;2-1-3/h6-9,16,24H,1-5,10-13H2;(H,6,7);1-2H3;1H2. The summed E-state index contributed by atoms with van der Waals surface area (Å²) in [6, 6.07) is 4.93. The van der Waals surface area contributed by atoms with Crippen LogP contribution in [0.2, 0.25) is 0 Å². The Labute approximate surface area is 226 Å². The lowest BCUT2D eigenvalue weighted by atomic mass is 9.83. The van der Waals surface area contributed by atoms with E-state index in [1.807, 2.05) is 13.8 Å². The van der Waals surface area contributed by atoms with Crippen LogP contribution in [-0.2, 0) is 27.1 Å². The Morgan fingerprint density at radius 3 is 1.82 bits per heavy atom. The molecule has 40 heavy (non-hydrogen) atoms. The van der Waals surface area contributed by atoms with E-state index in [9.17, 15) is 44.7 Å². The number of carbonyl (C=O) groups is 3. The molecule has 228 valence electrons. The smallest absolute Gasteiger partial charge is 0.475 e. The van der Waals surface area contributed by atoms with Crippen molar-refractivity contribution in [2.45, 2.75) is 76.4 Å². The summed E-state index contributed by atoms with van der Waals surface area (Å²) in [7, 11) is 0. The van der Waals surface area contributed by atoms with E-state index in [1.165, 1.54) is 18.6 Å². The molecule has 15 heteroatoms. The molecule has 1 aromatic rings. The summed E-state index contributed by atoms with van der Waals surface area (Å²) >= 11 is 0. The molecule has 0 radical (unpaired) electrons. The Morgan fingerprint density at radius 1 is 0.975 bits per heavy atom. The summed E-state index contributed by atoms with van der Waals surface area (Å²) in [5, 5.41) is 10.2. The van der Waals surface area contributed by atoms with Gasteiger partial charge in [0.25, 0.3) is 5.91 Å². The number of benzene rings is 1. The Hall–Kier alpha value is -2.97. The molecule has 2 aliphatic heterocycles. The number of piperazine rings is 1. The van der Waals surface area contributed by atoms with Gasteiger partial charge in [-0.2, -0.15) is 26.3 Å². The fourth-order valence-corrected chi connectivity index (χ4v) is 4.54. The average molecular weight is 592 g/mol. The number of amides is 2. The van der Waals surface area contributed by atoms with Crippen LogP contribution in [0.3, 0.4) is 0 Å². The summed E-state index contributed by atoms with van der Waals surface area (Å²) in [6.07, 6.45) is -4.30. The third kappa shape index (κ3) is 9.03. The van der Waals surface area contributed by atoms with Gasteiger partial charge in [-0.1, -0.05) is 45.2 Å². The van der Waals surface area contributed by atoms with Crippen LogP contribution >= 0.6 is 0 Å². The third-order valence-electron chi connectivity index (χ3n) is 6.50. The zero-order valence-electron chi connectivity index (χ0n) is 22.0. The first kappa shape index (κ1) is 35.1. The number of hydrogen-bond acceptors (Lipinski definition) is 4. The van der Waals surface area contributed by atoms with Crippen LogP contribution in [0.1, 0.15) is 57.1 Å². The molecule has 4 rings (SSSR count). The van der Waals surface area contributed by atoms with Crippen molar-refractivity contribution in [3.8, 4) is 0 Å². The van der Waals surface area contributed by atoms with Gasteiger partial charge in [0.15, 0.2) is 0 Å². The van der Waals surface area contributed by atoms with E-state index in [1.54, 1.807) is 9.80 Å². The average Bonchev–Trinajstić information content (AvgIpc) is 2.87. The van der Waals surface area contributed by atoms with Crippen molar-refractivity contribution in [2.24, 2.45) is 0 Å². The third-order valence-corrected chi connectivity index (χ3v) is 6.50. The first-order chi connectivity index (χ1) is 18.7. The summed E-state index contributed by atoms with van der Waals surface area (Å²) in [5.74, 6) is -2.91. The first-order valence-corrected chi connectivity index (χ1v) is 12.6. The second-order valence-electron chi connectivity index (χ2n) is 8.94. The van der Waals surface area contributed by atoms with Gasteiger partial charge in [-0.15, -0.1) is 0 Å². The fraction of sp³-hybridized carbons (Fsp3) is 0.640. The molecule has 2 N–H and O–H groups in total. The minimum Gasteiger partial charge on any atom is -0.475 e. The quantitative estimate of drug-likeness (QED) is 0.478. The van der Waals surface area contributed by atoms with E-state index in [0.717, 1.165) is 37.8 Å². The zero-order chi connectivity index (χ0) is 30.7. The number of hydrogen-bond donors (Lipinski definition) is 2. The summed E-state index contributed by atoms with van der Waals surface area (Å²) in [6.45, 7) is 3.23. The molecule has 1 saturated carbocycles. The van der Waals surface area contributed by atoms with E-state index in [-0.39, 0.29) is 30.9 Å². The maximum Gasteiger partial charge on any atom is 0.490 e. The Bertz CT molecular complexity index is 960. The van der Waals surface area contributed by atoms with E-state index >= 15 is 0 Å². The molecular weight excluding hydrogens is 558 g/mol. The van der Waals surface area contributed by atoms with Gasteiger partial charge >= 0.3 is 18.3 Å². The first-order valence-electron chi connectivity index (χ1n) is 12.6. The SMILES string of the molecule is CC.FCF.O=C(O)C(F)(F)F.O=C1CN(C2CCCCC2)C(=O)C2(CNC2)N1Cc1ccc(C(F)(F)F)cc1. The van der Waals surface area contributed by atoms with Gasteiger partial charge in [0, 0.05) is 25.7 Å². The maximum absolute atomic E-state index is 13.3. The second kappa shape index (κ2) is 15.1. The van der Waals surface area contributed by atoms with Crippen molar-refractivity contribution >= 4 is 17.8 Å². The highest BCUT2D eigenvalue weighted by Gasteiger charge is 2.57. The van der Waals surface area contributed by atoms with E-state index in [0.29, 0.717) is 18.7 Å². The Balaban J connectivity index is 0.000000569. The molecular formula is C25H33F8N3O4. The molecule has 0 atom stereocenters. The highest BCUT2D eigenvalue weighted by atomic mass is 19.4. The lowest BCUT2D eigenvalue weighted by Gasteiger charge is -2.55. The monoisotopic (exact) mass is 591 g/mol. The van der Waals surface area contributed by atoms with Gasteiger partial charge in [-0.05, 0) is 30.5 Å². The van der Waals surface area contributed by atoms with Gasteiger partial charge in [0.05, 0.1) is 5.56 Å². The molecule has 0 unspecified atom stereocenters. The molecule has 2 heterocycles. The number of nitrogens with zero attached hydrogens (tertiary/aromatic N) is 2. The molecule has 3 aliphatic rings. The van der Waals surface area contributed by atoms with Gasteiger partial charge < -0.3 is 20.2 Å². The molecule has 2 amide bonds.